The number of sulfonamides is 1. The minimum absolute atomic E-state index is 0.0760. The smallest absolute Gasteiger partial charge is 0.243 e. The van der Waals surface area contributed by atoms with Crippen LogP contribution in [0, 0.1) is 13.8 Å². The van der Waals surface area contributed by atoms with E-state index in [4.69, 9.17) is 0 Å². The Hall–Kier alpha value is -0.910. The van der Waals surface area contributed by atoms with Crippen LogP contribution >= 0.6 is 0 Å². The van der Waals surface area contributed by atoms with Crippen molar-refractivity contribution in [2.75, 3.05) is 13.2 Å². The van der Waals surface area contributed by atoms with Crippen molar-refractivity contribution in [1.29, 1.82) is 0 Å². The summed E-state index contributed by atoms with van der Waals surface area (Å²) in [6.45, 7) is 7.69. The summed E-state index contributed by atoms with van der Waals surface area (Å²) in [5, 5.41) is 9.19. The Bertz CT molecular complexity index is 516. The van der Waals surface area contributed by atoms with Crippen LogP contribution < -0.4 is 0 Å². The molecule has 0 unspecified atom stereocenters. The molecule has 0 saturated heterocycles. The Kier molecular flexibility index (Phi) is 6.17. The molecule has 1 aromatic carbocycles. The number of aryl methyl sites for hydroxylation is 2. The van der Waals surface area contributed by atoms with Crippen molar-refractivity contribution in [3.05, 3.63) is 29.3 Å². The second-order valence-corrected chi connectivity index (χ2v) is 7.02. The summed E-state index contributed by atoms with van der Waals surface area (Å²) in [7, 11) is -3.56. The molecule has 0 radical (unpaired) electrons. The van der Waals surface area contributed by atoms with Crippen LogP contribution in [0.2, 0.25) is 0 Å². The summed E-state index contributed by atoms with van der Waals surface area (Å²) in [6, 6.07) is 5.25. The highest BCUT2D eigenvalue weighted by atomic mass is 32.2. The van der Waals surface area contributed by atoms with Gasteiger partial charge in [-0.2, -0.15) is 4.31 Å². The fourth-order valence-corrected chi connectivity index (χ4v) is 4.46. The first-order chi connectivity index (χ1) is 9.36. The summed E-state index contributed by atoms with van der Waals surface area (Å²) >= 11 is 0. The lowest BCUT2D eigenvalue weighted by Gasteiger charge is -2.29. The molecule has 1 rings (SSSR count). The highest BCUT2D eigenvalue weighted by Gasteiger charge is 2.29. The van der Waals surface area contributed by atoms with Crippen molar-refractivity contribution < 1.29 is 13.5 Å². The molecule has 0 bridgehead atoms. The van der Waals surface area contributed by atoms with Crippen LogP contribution in [-0.4, -0.2) is 37.0 Å². The second-order valence-electron chi connectivity index (χ2n) is 5.13. The first-order valence-electron chi connectivity index (χ1n) is 7.07. The topological polar surface area (TPSA) is 57.6 Å². The third kappa shape index (κ3) is 3.81. The predicted octanol–water partition coefficient (Wildman–Crippen LogP) is 2.48. The van der Waals surface area contributed by atoms with Crippen molar-refractivity contribution in [3.8, 4) is 0 Å². The fraction of sp³-hybridized carbons (Fsp3) is 0.600. The van der Waals surface area contributed by atoms with Crippen LogP contribution in [0.4, 0.5) is 0 Å². The van der Waals surface area contributed by atoms with Crippen LogP contribution in [0.3, 0.4) is 0 Å². The quantitative estimate of drug-likeness (QED) is 0.841. The molecule has 0 fully saturated rings. The fourth-order valence-electron chi connectivity index (χ4n) is 2.51. The van der Waals surface area contributed by atoms with Gasteiger partial charge in [-0.1, -0.05) is 19.9 Å². The maximum atomic E-state index is 12.8. The van der Waals surface area contributed by atoms with Gasteiger partial charge in [0.05, 0.1) is 11.5 Å². The number of hydrogen-bond acceptors (Lipinski definition) is 3. The van der Waals surface area contributed by atoms with E-state index in [0.29, 0.717) is 4.90 Å². The number of aliphatic hydroxyl groups is 1. The molecule has 0 spiro atoms. The SMILES string of the molecule is CCC(CC)N(CCO)S(=O)(=O)c1cc(C)cc(C)c1. The van der Waals surface area contributed by atoms with Crippen LogP contribution in [0.25, 0.3) is 0 Å². The Labute approximate surface area is 122 Å². The van der Waals surface area contributed by atoms with Crippen LogP contribution in [0.15, 0.2) is 23.1 Å². The Morgan fingerprint density at radius 1 is 1.10 bits per heavy atom. The Morgan fingerprint density at radius 3 is 2.00 bits per heavy atom. The molecule has 0 aliphatic rings. The molecule has 0 atom stereocenters. The van der Waals surface area contributed by atoms with Crippen LogP contribution in [-0.2, 0) is 10.0 Å². The summed E-state index contributed by atoms with van der Waals surface area (Å²) < 4.78 is 27.0. The molecule has 1 N–H and O–H groups in total. The van der Waals surface area contributed by atoms with Gasteiger partial charge in [0.15, 0.2) is 0 Å². The molecule has 5 heteroatoms. The first-order valence-corrected chi connectivity index (χ1v) is 8.51. The molecule has 0 aliphatic heterocycles. The molecule has 1 aromatic rings. The lowest BCUT2D eigenvalue weighted by molar-refractivity contribution is 0.219. The van der Waals surface area contributed by atoms with E-state index >= 15 is 0 Å². The summed E-state index contributed by atoms with van der Waals surface area (Å²) in [5.41, 5.74) is 1.86. The van der Waals surface area contributed by atoms with Crippen LogP contribution in [0.1, 0.15) is 37.8 Å². The highest BCUT2D eigenvalue weighted by Crippen LogP contribution is 2.23. The summed E-state index contributed by atoms with van der Waals surface area (Å²) in [6.07, 6.45) is 1.47. The summed E-state index contributed by atoms with van der Waals surface area (Å²) in [5.74, 6) is 0. The van der Waals surface area contributed by atoms with E-state index in [0.717, 1.165) is 24.0 Å². The third-order valence-corrected chi connectivity index (χ3v) is 5.40. The van der Waals surface area contributed by atoms with Crippen molar-refractivity contribution in [2.45, 2.75) is 51.5 Å². The van der Waals surface area contributed by atoms with Gasteiger partial charge in [0.2, 0.25) is 10.0 Å². The number of rotatable bonds is 7. The average Bonchev–Trinajstić information content (AvgIpc) is 2.38. The molecule has 0 aromatic heterocycles. The van der Waals surface area contributed by atoms with Crippen molar-refractivity contribution in [1.82, 2.24) is 4.31 Å². The highest BCUT2D eigenvalue weighted by molar-refractivity contribution is 7.89. The van der Waals surface area contributed by atoms with E-state index in [1.165, 1.54) is 4.31 Å². The maximum Gasteiger partial charge on any atom is 0.243 e. The van der Waals surface area contributed by atoms with Gasteiger partial charge in [-0.15, -0.1) is 0 Å². The van der Waals surface area contributed by atoms with Gasteiger partial charge in [0.25, 0.3) is 0 Å². The molecule has 4 nitrogen and oxygen atoms in total. The van der Waals surface area contributed by atoms with E-state index < -0.39 is 10.0 Å². The van der Waals surface area contributed by atoms with E-state index in [-0.39, 0.29) is 19.2 Å². The molecule has 114 valence electrons. The Balaban J connectivity index is 3.28. The molecule has 0 saturated carbocycles. The minimum atomic E-state index is -3.56. The lowest BCUT2D eigenvalue weighted by Crippen LogP contribution is -2.41. The summed E-state index contributed by atoms with van der Waals surface area (Å²) in [4.78, 5) is 0.315. The number of nitrogens with zero attached hydrogens (tertiary/aromatic N) is 1. The van der Waals surface area contributed by atoms with Crippen molar-refractivity contribution >= 4 is 10.0 Å². The standard InChI is InChI=1S/C15H25NO3S/c1-5-14(6-2)16(7-8-17)20(18,19)15-10-12(3)9-13(4)11-15/h9-11,14,17H,5-8H2,1-4H3. The second kappa shape index (κ2) is 7.20. The molecule has 0 aliphatic carbocycles. The van der Waals surface area contributed by atoms with Gasteiger partial charge in [0.1, 0.15) is 0 Å². The van der Waals surface area contributed by atoms with Gasteiger partial charge in [-0.3, -0.25) is 0 Å². The molecule has 0 amide bonds. The number of benzene rings is 1. The Morgan fingerprint density at radius 2 is 1.60 bits per heavy atom. The maximum absolute atomic E-state index is 12.8. The zero-order chi connectivity index (χ0) is 15.3. The molecular weight excluding hydrogens is 274 g/mol. The monoisotopic (exact) mass is 299 g/mol. The van der Waals surface area contributed by atoms with Gasteiger partial charge >= 0.3 is 0 Å². The van der Waals surface area contributed by atoms with Gasteiger partial charge in [-0.25, -0.2) is 8.42 Å². The van der Waals surface area contributed by atoms with E-state index in [1.807, 2.05) is 33.8 Å². The van der Waals surface area contributed by atoms with E-state index in [9.17, 15) is 13.5 Å². The van der Waals surface area contributed by atoms with Crippen molar-refractivity contribution in [2.24, 2.45) is 0 Å². The normalized spacial score (nSPS) is 12.3. The predicted molar refractivity (Wildman–Crippen MR) is 81.3 cm³/mol. The van der Waals surface area contributed by atoms with Gasteiger partial charge in [0, 0.05) is 12.6 Å². The van der Waals surface area contributed by atoms with E-state index in [1.54, 1.807) is 12.1 Å². The zero-order valence-corrected chi connectivity index (χ0v) is 13.6. The van der Waals surface area contributed by atoms with Gasteiger partial charge < -0.3 is 5.11 Å². The number of hydrogen-bond donors (Lipinski definition) is 1. The molecule has 0 heterocycles. The van der Waals surface area contributed by atoms with Crippen LogP contribution in [0.5, 0.6) is 0 Å². The lowest BCUT2D eigenvalue weighted by atomic mass is 10.2. The van der Waals surface area contributed by atoms with Crippen molar-refractivity contribution in [3.63, 3.8) is 0 Å². The minimum Gasteiger partial charge on any atom is -0.395 e. The van der Waals surface area contributed by atoms with Gasteiger partial charge in [-0.05, 0) is 49.9 Å². The molecule has 20 heavy (non-hydrogen) atoms. The molecular formula is C15H25NO3S. The third-order valence-electron chi connectivity index (χ3n) is 3.47. The first kappa shape index (κ1) is 17.1. The average molecular weight is 299 g/mol. The van der Waals surface area contributed by atoms with E-state index in [2.05, 4.69) is 0 Å². The zero-order valence-electron chi connectivity index (χ0n) is 12.8. The largest absolute Gasteiger partial charge is 0.395 e. The number of aliphatic hydroxyl groups excluding tert-OH is 1.